The SMILES string of the molecule is CN(C)[C@@H](O)CN(CCCCc1ccc2c(n1)NCCC2)CC[C@H](Nc1nccnc1C#N)C(=O)O. The molecule has 0 saturated heterocycles. The number of hydrogen-bond donors (Lipinski definition) is 4. The van der Waals surface area contributed by atoms with Crippen molar-refractivity contribution in [1.82, 2.24) is 24.8 Å². The normalized spacial score (nSPS) is 14.6. The number of pyridine rings is 1. The third kappa shape index (κ3) is 8.12. The van der Waals surface area contributed by atoms with E-state index in [9.17, 15) is 20.3 Å². The van der Waals surface area contributed by atoms with Crippen molar-refractivity contribution in [2.45, 2.75) is 50.8 Å². The van der Waals surface area contributed by atoms with Gasteiger partial charge in [-0.15, -0.1) is 0 Å². The van der Waals surface area contributed by atoms with Gasteiger partial charge in [-0.25, -0.2) is 19.7 Å². The second-order valence-corrected chi connectivity index (χ2v) is 9.23. The first kappa shape index (κ1) is 27.3. The highest BCUT2D eigenvalue weighted by molar-refractivity contribution is 5.77. The van der Waals surface area contributed by atoms with Crippen molar-refractivity contribution in [2.24, 2.45) is 0 Å². The number of unbranched alkanes of at least 4 members (excludes halogenated alkanes) is 1. The van der Waals surface area contributed by atoms with Gasteiger partial charge in [0.2, 0.25) is 0 Å². The Morgan fingerprint density at radius 1 is 1.25 bits per heavy atom. The molecule has 0 amide bonds. The molecule has 11 nitrogen and oxygen atoms in total. The molecule has 0 bridgehead atoms. The first-order valence-electron chi connectivity index (χ1n) is 12.4. The molecule has 0 saturated carbocycles. The molecule has 0 aromatic carbocycles. The number of nitrogens with one attached hydrogen (secondary N) is 2. The molecule has 194 valence electrons. The van der Waals surface area contributed by atoms with E-state index in [2.05, 4.69) is 37.6 Å². The van der Waals surface area contributed by atoms with Crippen molar-refractivity contribution in [1.29, 1.82) is 5.26 Å². The second kappa shape index (κ2) is 13.7. The van der Waals surface area contributed by atoms with Crippen molar-refractivity contribution < 1.29 is 15.0 Å². The molecule has 1 aliphatic heterocycles. The van der Waals surface area contributed by atoms with E-state index in [1.54, 1.807) is 19.0 Å². The fraction of sp³-hybridized carbons (Fsp3) is 0.560. The monoisotopic (exact) mass is 496 g/mol. The minimum absolute atomic E-state index is 0.0506. The zero-order chi connectivity index (χ0) is 25.9. The van der Waals surface area contributed by atoms with Crippen molar-refractivity contribution in [3.8, 4) is 6.07 Å². The first-order valence-corrected chi connectivity index (χ1v) is 12.4. The van der Waals surface area contributed by atoms with Crippen LogP contribution >= 0.6 is 0 Å². The average molecular weight is 497 g/mol. The smallest absolute Gasteiger partial charge is 0.326 e. The van der Waals surface area contributed by atoms with Crippen LogP contribution in [0, 0.1) is 11.3 Å². The van der Waals surface area contributed by atoms with Crippen molar-refractivity contribution in [3.63, 3.8) is 0 Å². The Balaban J connectivity index is 1.55. The van der Waals surface area contributed by atoms with Crippen LogP contribution in [0.2, 0.25) is 0 Å². The number of carboxylic acid groups (broad SMARTS) is 1. The molecule has 0 fully saturated rings. The largest absolute Gasteiger partial charge is 0.480 e. The van der Waals surface area contributed by atoms with Crippen molar-refractivity contribution >= 4 is 17.6 Å². The minimum Gasteiger partial charge on any atom is -0.480 e. The van der Waals surface area contributed by atoms with Gasteiger partial charge >= 0.3 is 5.97 Å². The summed E-state index contributed by atoms with van der Waals surface area (Å²) >= 11 is 0. The molecule has 4 N–H and O–H groups in total. The minimum atomic E-state index is -1.04. The highest BCUT2D eigenvalue weighted by atomic mass is 16.4. The number of rotatable bonds is 14. The summed E-state index contributed by atoms with van der Waals surface area (Å²) in [6.45, 7) is 2.54. The number of hydrogen-bond acceptors (Lipinski definition) is 10. The third-order valence-corrected chi connectivity index (χ3v) is 6.27. The fourth-order valence-electron chi connectivity index (χ4n) is 4.10. The summed E-state index contributed by atoms with van der Waals surface area (Å²) in [5.41, 5.74) is 2.39. The number of carbonyl (C=O) groups is 1. The second-order valence-electron chi connectivity index (χ2n) is 9.23. The van der Waals surface area contributed by atoms with Gasteiger partial charge in [0, 0.05) is 37.7 Å². The number of likely N-dealkylation sites (N-methyl/N-ethyl adjacent to an activating group) is 1. The number of nitrogens with zero attached hydrogens (tertiary/aromatic N) is 6. The van der Waals surface area contributed by atoms with E-state index >= 15 is 0 Å². The van der Waals surface area contributed by atoms with Crippen molar-refractivity contribution in [3.05, 3.63) is 41.5 Å². The Morgan fingerprint density at radius 2 is 2.06 bits per heavy atom. The van der Waals surface area contributed by atoms with E-state index < -0.39 is 18.2 Å². The van der Waals surface area contributed by atoms with Crippen LogP contribution in [-0.4, -0.2) is 93.5 Å². The van der Waals surface area contributed by atoms with E-state index in [0.717, 1.165) is 56.7 Å². The lowest BCUT2D eigenvalue weighted by molar-refractivity contribution is -0.138. The molecule has 0 spiro atoms. The van der Waals surface area contributed by atoms with Crippen LogP contribution in [0.4, 0.5) is 11.6 Å². The van der Waals surface area contributed by atoms with Gasteiger partial charge in [0.1, 0.15) is 24.2 Å². The Kier molecular flexibility index (Phi) is 10.4. The predicted molar refractivity (Wildman–Crippen MR) is 137 cm³/mol. The van der Waals surface area contributed by atoms with Gasteiger partial charge in [-0.2, -0.15) is 5.26 Å². The number of aliphatic hydroxyl groups excluding tert-OH is 1. The number of aryl methyl sites for hydroxylation is 2. The number of fused-ring (bicyclic) bond motifs is 1. The average Bonchev–Trinajstić information content (AvgIpc) is 2.88. The Bertz CT molecular complexity index is 1040. The number of carboxylic acids is 1. The summed E-state index contributed by atoms with van der Waals surface area (Å²) in [6.07, 6.45) is 7.30. The van der Waals surface area contributed by atoms with E-state index in [4.69, 9.17) is 4.98 Å². The quantitative estimate of drug-likeness (QED) is 0.223. The van der Waals surface area contributed by atoms with Crippen LogP contribution in [-0.2, 0) is 17.6 Å². The maximum atomic E-state index is 11.9. The Hall–Kier alpha value is -3.33. The van der Waals surface area contributed by atoms with Crippen LogP contribution in [0.25, 0.3) is 0 Å². The maximum Gasteiger partial charge on any atom is 0.326 e. The summed E-state index contributed by atoms with van der Waals surface area (Å²) in [4.78, 5) is 28.4. The van der Waals surface area contributed by atoms with Crippen LogP contribution in [0.1, 0.15) is 42.6 Å². The summed E-state index contributed by atoms with van der Waals surface area (Å²) in [6, 6.07) is 5.24. The molecular weight excluding hydrogens is 460 g/mol. The fourth-order valence-corrected chi connectivity index (χ4v) is 4.10. The number of anilines is 2. The van der Waals surface area contributed by atoms with E-state index in [1.165, 1.54) is 18.0 Å². The third-order valence-electron chi connectivity index (χ3n) is 6.27. The maximum absolute atomic E-state index is 11.9. The number of aromatic nitrogens is 3. The molecule has 0 radical (unpaired) electrons. The van der Waals surface area contributed by atoms with Gasteiger partial charge in [0.05, 0.1) is 0 Å². The highest BCUT2D eigenvalue weighted by Crippen LogP contribution is 2.20. The van der Waals surface area contributed by atoms with Crippen LogP contribution in [0.3, 0.4) is 0 Å². The van der Waals surface area contributed by atoms with Gasteiger partial charge in [-0.1, -0.05) is 6.07 Å². The first-order chi connectivity index (χ1) is 17.4. The lowest BCUT2D eigenvalue weighted by Gasteiger charge is -2.29. The van der Waals surface area contributed by atoms with Crippen molar-refractivity contribution in [2.75, 3.05) is 50.9 Å². The van der Waals surface area contributed by atoms with E-state index in [1.807, 2.05) is 6.07 Å². The molecule has 2 aromatic heterocycles. The molecule has 36 heavy (non-hydrogen) atoms. The summed E-state index contributed by atoms with van der Waals surface area (Å²) < 4.78 is 0. The standard InChI is InChI=1S/C25H36N8O3/c1-32(2)22(34)17-33(14-4-3-7-19-9-8-18-6-5-11-28-23(18)30-19)15-10-20(25(35)36)31-24-21(16-26)27-12-13-29-24/h8-9,12-13,20,22,34H,3-7,10-11,14-15,17H2,1-2H3,(H,28,30)(H,29,31)(H,35,36)/t20-,22-/m0/s1. The molecule has 0 aliphatic carbocycles. The molecule has 2 atom stereocenters. The molecular formula is C25H36N8O3. The molecule has 3 rings (SSSR count). The number of nitriles is 1. The molecule has 0 unspecified atom stereocenters. The van der Waals surface area contributed by atoms with E-state index in [-0.39, 0.29) is 17.9 Å². The van der Waals surface area contributed by atoms with E-state index in [0.29, 0.717) is 13.1 Å². The molecule has 11 heteroatoms. The summed E-state index contributed by atoms with van der Waals surface area (Å²) in [5, 5.41) is 35.5. The lowest BCUT2D eigenvalue weighted by atomic mass is 10.1. The topological polar surface area (TPSA) is 151 Å². The Labute approximate surface area is 212 Å². The lowest BCUT2D eigenvalue weighted by Crippen LogP contribution is -2.43. The van der Waals surface area contributed by atoms with Crippen LogP contribution < -0.4 is 10.6 Å². The predicted octanol–water partition coefficient (Wildman–Crippen LogP) is 1.56. The number of aliphatic hydroxyl groups is 1. The zero-order valence-corrected chi connectivity index (χ0v) is 21.0. The van der Waals surface area contributed by atoms with Gasteiger partial charge in [0.25, 0.3) is 0 Å². The molecule has 2 aromatic rings. The summed E-state index contributed by atoms with van der Waals surface area (Å²) in [7, 11) is 3.61. The van der Waals surface area contributed by atoms with Crippen LogP contribution in [0.15, 0.2) is 24.5 Å². The number of aliphatic carboxylic acids is 1. The Morgan fingerprint density at radius 3 is 2.81 bits per heavy atom. The zero-order valence-electron chi connectivity index (χ0n) is 21.0. The molecule has 1 aliphatic rings. The van der Waals surface area contributed by atoms with Gasteiger partial charge in [-0.05, 0) is 70.8 Å². The summed E-state index contributed by atoms with van der Waals surface area (Å²) in [5.74, 6) is 0.119. The van der Waals surface area contributed by atoms with Crippen LogP contribution in [0.5, 0.6) is 0 Å². The van der Waals surface area contributed by atoms with Gasteiger partial charge in [-0.3, -0.25) is 9.80 Å². The van der Waals surface area contributed by atoms with Gasteiger partial charge < -0.3 is 20.8 Å². The highest BCUT2D eigenvalue weighted by Gasteiger charge is 2.22. The van der Waals surface area contributed by atoms with Gasteiger partial charge in [0.15, 0.2) is 11.5 Å². The molecule has 3 heterocycles.